The molecule has 5 heteroatoms. The van der Waals surface area contributed by atoms with Gasteiger partial charge in [-0.2, -0.15) is 0 Å². The maximum absolute atomic E-state index is 4.92. The summed E-state index contributed by atoms with van der Waals surface area (Å²) in [6, 6.07) is 4.40. The Hall–Kier alpha value is -1.91. The van der Waals surface area contributed by atoms with Crippen LogP contribution in [0.4, 0.5) is 5.82 Å². The van der Waals surface area contributed by atoms with Crippen molar-refractivity contribution in [3.63, 3.8) is 0 Å². The Balaban J connectivity index is 1.54. The fourth-order valence-electron chi connectivity index (χ4n) is 3.48. The number of aromatic nitrogens is 4. The Bertz CT molecular complexity index is 667. The van der Waals surface area contributed by atoms with Gasteiger partial charge in [0.1, 0.15) is 5.82 Å². The second kappa shape index (κ2) is 5.38. The molecule has 0 bridgehead atoms. The van der Waals surface area contributed by atoms with Crippen molar-refractivity contribution in [2.45, 2.75) is 39.7 Å². The van der Waals surface area contributed by atoms with Crippen LogP contribution in [0.2, 0.25) is 0 Å². The van der Waals surface area contributed by atoms with E-state index in [1.54, 1.807) is 0 Å². The van der Waals surface area contributed by atoms with Crippen LogP contribution in [0, 0.1) is 11.8 Å². The van der Waals surface area contributed by atoms with Gasteiger partial charge in [0.15, 0.2) is 0 Å². The summed E-state index contributed by atoms with van der Waals surface area (Å²) < 4.78 is 1.92. The summed E-state index contributed by atoms with van der Waals surface area (Å²) in [5, 5.41) is 8.37. The van der Waals surface area contributed by atoms with Gasteiger partial charge in [-0.1, -0.05) is 25.1 Å². The van der Waals surface area contributed by atoms with Gasteiger partial charge < -0.3 is 4.90 Å². The normalized spacial score (nSPS) is 22.9. The molecule has 3 heterocycles. The predicted octanol–water partition coefficient (Wildman–Crippen LogP) is 2.30. The molecule has 0 aromatic carbocycles. The van der Waals surface area contributed by atoms with Crippen molar-refractivity contribution >= 4 is 5.82 Å². The Morgan fingerprint density at radius 1 is 1.14 bits per heavy atom. The van der Waals surface area contributed by atoms with Crippen LogP contribution in [-0.2, 0) is 19.4 Å². The minimum atomic E-state index is 0.759. The summed E-state index contributed by atoms with van der Waals surface area (Å²) in [7, 11) is 0. The van der Waals surface area contributed by atoms with E-state index in [4.69, 9.17) is 4.98 Å². The van der Waals surface area contributed by atoms with Gasteiger partial charge in [-0.3, -0.25) is 0 Å². The van der Waals surface area contributed by atoms with E-state index in [9.17, 15) is 0 Å². The fourth-order valence-corrected chi connectivity index (χ4v) is 3.48. The van der Waals surface area contributed by atoms with Crippen molar-refractivity contribution in [1.82, 2.24) is 20.0 Å². The molecule has 1 saturated carbocycles. The second-order valence-electron chi connectivity index (χ2n) is 6.55. The molecule has 0 spiro atoms. The first kappa shape index (κ1) is 13.7. The molecule has 5 nitrogen and oxygen atoms in total. The maximum Gasteiger partial charge on any atom is 0.128 e. The summed E-state index contributed by atoms with van der Waals surface area (Å²) in [4.78, 5) is 7.37. The lowest BCUT2D eigenvalue weighted by Gasteiger charge is -2.20. The maximum atomic E-state index is 4.92. The van der Waals surface area contributed by atoms with Gasteiger partial charge in [-0.15, -0.1) is 5.10 Å². The van der Waals surface area contributed by atoms with E-state index in [2.05, 4.69) is 41.2 Å². The molecule has 1 aliphatic carbocycles. The monoisotopic (exact) mass is 297 g/mol. The van der Waals surface area contributed by atoms with Crippen LogP contribution in [0.15, 0.2) is 18.3 Å². The number of anilines is 1. The van der Waals surface area contributed by atoms with E-state index < -0.39 is 0 Å². The average Bonchev–Trinajstić information content (AvgIpc) is 2.97. The Kier molecular flexibility index (Phi) is 3.36. The van der Waals surface area contributed by atoms with Gasteiger partial charge in [0, 0.05) is 25.0 Å². The molecule has 4 rings (SSSR count). The number of aryl methyl sites for hydroxylation is 2. The minimum Gasteiger partial charge on any atom is -0.356 e. The third-order valence-electron chi connectivity index (χ3n) is 4.97. The highest BCUT2D eigenvalue weighted by atomic mass is 15.4. The van der Waals surface area contributed by atoms with E-state index >= 15 is 0 Å². The Morgan fingerprint density at radius 3 is 2.64 bits per heavy atom. The lowest BCUT2D eigenvalue weighted by molar-refractivity contribution is 0.642. The van der Waals surface area contributed by atoms with E-state index in [0.717, 1.165) is 42.7 Å². The molecule has 2 aliphatic rings. The van der Waals surface area contributed by atoms with E-state index in [1.165, 1.54) is 30.8 Å². The highest BCUT2D eigenvalue weighted by Crippen LogP contribution is 2.45. The zero-order valence-corrected chi connectivity index (χ0v) is 13.4. The number of nitrogens with zero attached hydrogens (tertiary/aromatic N) is 5. The molecule has 0 radical (unpaired) electrons. The summed E-state index contributed by atoms with van der Waals surface area (Å²) in [6.07, 6.45) is 5.34. The van der Waals surface area contributed by atoms with Crippen LogP contribution >= 0.6 is 0 Å². The highest BCUT2D eigenvalue weighted by molar-refractivity contribution is 5.44. The average molecular weight is 297 g/mol. The van der Waals surface area contributed by atoms with Crippen LogP contribution < -0.4 is 4.90 Å². The number of hydrogen-bond donors (Lipinski definition) is 0. The minimum absolute atomic E-state index is 0.759. The zero-order chi connectivity index (χ0) is 15.1. The lowest BCUT2D eigenvalue weighted by Crippen LogP contribution is -2.23. The molecule has 1 saturated heterocycles. The first-order valence-corrected chi connectivity index (χ1v) is 8.39. The van der Waals surface area contributed by atoms with Gasteiger partial charge in [0.25, 0.3) is 0 Å². The molecule has 2 unspecified atom stereocenters. The molecule has 2 atom stereocenters. The SMILES string of the molecule is CCc1cn(Cc2ccc(N3CC4CC4C3)nc2CC)nn1. The summed E-state index contributed by atoms with van der Waals surface area (Å²) in [5.74, 6) is 3.03. The first-order valence-electron chi connectivity index (χ1n) is 8.39. The molecular formula is C17H23N5. The zero-order valence-electron chi connectivity index (χ0n) is 13.4. The van der Waals surface area contributed by atoms with E-state index in [-0.39, 0.29) is 0 Å². The van der Waals surface area contributed by atoms with Gasteiger partial charge >= 0.3 is 0 Å². The van der Waals surface area contributed by atoms with Gasteiger partial charge in [-0.25, -0.2) is 9.67 Å². The number of hydrogen-bond acceptors (Lipinski definition) is 4. The molecule has 0 N–H and O–H groups in total. The van der Waals surface area contributed by atoms with E-state index in [1.807, 2.05) is 10.9 Å². The van der Waals surface area contributed by atoms with Crippen molar-refractivity contribution in [3.8, 4) is 0 Å². The predicted molar refractivity (Wildman–Crippen MR) is 85.9 cm³/mol. The smallest absolute Gasteiger partial charge is 0.128 e. The second-order valence-corrected chi connectivity index (χ2v) is 6.55. The van der Waals surface area contributed by atoms with Gasteiger partial charge in [-0.05, 0) is 42.7 Å². The fraction of sp³-hybridized carbons (Fsp3) is 0.588. The van der Waals surface area contributed by atoms with Crippen LogP contribution in [0.1, 0.15) is 37.2 Å². The Morgan fingerprint density at radius 2 is 1.95 bits per heavy atom. The number of pyridine rings is 1. The lowest BCUT2D eigenvalue weighted by atomic mass is 10.1. The molecule has 2 aromatic rings. The number of rotatable bonds is 5. The molecule has 2 fully saturated rings. The topological polar surface area (TPSA) is 46.8 Å². The molecule has 0 amide bonds. The highest BCUT2D eigenvalue weighted by Gasteiger charge is 2.45. The summed E-state index contributed by atoms with van der Waals surface area (Å²) >= 11 is 0. The van der Waals surface area contributed by atoms with Gasteiger partial charge in [0.2, 0.25) is 0 Å². The van der Waals surface area contributed by atoms with Crippen molar-refractivity contribution in [1.29, 1.82) is 0 Å². The number of fused-ring (bicyclic) bond motifs is 1. The largest absolute Gasteiger partial charge is 0.356 e. The van der Waals surface area contributed by atoms with Crippen LogP contribution in [0.5, 0.6) is 0 Å². The van der Waals surface area contributed by atoms with Gasteiger partial charge in [0.05, 0.1) is 12.2 Å². The van der Waals surface area contributed by atoms with E-state index in [0.29, 0.717) is 0 Å². The summed E-state index contributed by atoms with van der Waals surface area (Å²) in [6.45, 7) is 7.43. The summed E-state index contributed by atoms with van der Waals surface area (Å²) in [5.41, 5.74) is 3.48. The third kappa shape index (κ3) is 2.49. The molecule has 116 valence electrons. The Labute approximate surface area is 131 Å². The molecular weight excluding hydrogens is 274 g/mol. The third-order valence-corrected chi connectivity index (χ3v) is 4.97. The first-order chi connectivity index (χ1) is 10.8. The molecule has 1 aliphatic heterocycles. The van der Waals surface area contributed by atoms with Crippen molar-refractivity contribution in [3.05, 3.63) is 35.3 Å². The van der Waals surface area contributed by atoms with Crippen LogP contribution in [0.25, 0.3) is 0 Å². The van der Waals surface area contributed by atoms with Crippen molar-refractivity contribution in [2.75, 3.05) is 18.0 Å². The van der Waals surface area contributed by atoms with Crippen LogP contribution in [-0.4, -0.2) is 33.1 Å². The van der Waals surface area contributed by atoms with Crippen molar-refractivity contribution in [2.24, 2.45) is 11.8 Å². The van der Waals surface area contributed by atoms with Crippen LogP contribution in [0.3, 0.4) is 0 Å². The number of piperidine rings is 1. The molecule has 2 aromatic heterocycles. The quantitative estimate of drug-likeness (QED) is 0.849. The molecule has 22 heavy (non-hydrogen) atoms. The van der Waals surface area contributed by atoms with Crippen molar-refractivity contribution < 1.29 is 0 Å². The standard InChI is InChI=1S/C17H23N5/c1-3-15-11-22(20-19-15)10-12-5-6-17(18-16(12)4-2)21-8-13-7-14(13)9-21/h5-6,11,13-14H,3-4,7-10H2,1-2H3.